The van der Waals surface area contributed by atoms with Crippen molar-refractivity contribution in [1.82, 2.24) is 10.1 Å². The topological polar surface area (TPSA) is 68.4 Å². The van der Waals surface area contributed by atoms with Crippen molar-refractivity contribution in [3.05, 3.63) is 41.3 Å². The van der Waals surface area contributed by atoms with Crippen LogP contribution in [0.2, 0.25) is 0 Å². The molecule has 0 unspecified atom stereocenters. The van der Waals surface area contributed by atoms with E-state index in [4.69, 9.17) is 14.4 Å². The van der Waals surface area contributed by atoms with E-state index < -0.39 is 5.82 Å². The molecule has 0 aliphatic carbocycles. The molecule has 0 saturated heterocycles. The van der Waals surface area contributed by atoms with Gasteiger partial charge in [0, 0.05) is 12.5 Å². The molecular weight excluding hydrogens is 227 g/mol. The van der Waals surface area contributed by atoms with Gasteiger partial charge in [-0.15, -0.1) is 0 Å². The molecule has 2 rings (SSSR count). The molecule has 0 amide bonds. The summed E-state index contributed by atoms with van der Waals surface area (Å²) in [6.07, 6.45) is 0. The number of hydrogen-bond acceptors (Lipinski definition) is 5. The Kier molecular flexibility index (Phi) is 3.34. The van der Waals surface area contributed by atoms with E-state index in [2.05, 4.69) is 10.1 Å². The highest BCUT2D eigenvalue weighted by atomic mass is 19.1. The van der Waals surface area contributed by atoms with E-state index in [1.165, 1.54) is 18.2 Å². The Morgan fingerprint density at radius 3 is 2.94 bits per heavy atom. The largest absolute Gasteiger partial charge is 0.485 e. The standard InChI is InChI=1S/C11H11FN2O3/c1-7-13-11(14-17-7)6-16-10-3-2-9(12)4-8(10)5-15/h2-4,15H,5-6H2,1H3. The second-order valence-electron chi connectivity index (χ2n) is 3.43. The van der Waals surface area contributed by atoms with E-state index in [0.717, 1.165) is 0 Å². The molecule has 0 aliphatic rings. The molecule has 0 spiro atoms. The van der Waals surface area contributed by atoms with Crippen LogP contribution in [0.15, 0.2) is 22.7 Å². The third-order valence-corrected chi connectivity index (χ3v) is 2.12. The first-order valence-corrected chi connectivity index (χ1v) is 5.00. The van der Waals surface area contributed by atoms with Crippen molar-refractivity contribution in [2.45, 2.75) is 20.1 Å². The lowest BCUT2D eigenvalue weighted by Gasteiger charge is -2.07. The summed E-state index contributed by atoms with van der Waals surface area (Å²) in [6.45, 7) is 1.49. The van der Waals surface area contributed by atoms with Crippen molar-refractivity contribution >= 4 is 0 Å². The van der Waals surface area contributed by atoms with Crippen molar-refractivity contribution in [2.24, 2.45) is 0 Å². The number of rotatable bonds is 4. The maximum atomic E-state index is 12.9. The quantitative estimate of drug-likeness (QED) is 0.875. The fourth-order valence-electron chi connectivity index (χ4n) is 1.35. The molecule has 0 bridgehead atoms. The fourth-order valence-corrected chi connectivity index (χ4v) is 1.35. The fraction of sp³-hybridized carbons (Fsp3) is 0.273. The highest BCUT2D eigenvalue weighted by Crippen LogP contribution is 2.20. The Balaban J connectivity index is 2.08. The number of benzene rings is 1. The van der Waals surface area contributed by atoms with E-state index in [9.17, 15) is 4.39 Å². The molecule has 1 aromatic carbocycles. The van der Waals surface area contributed by atoms with Gasteiger partial charge in [0.2, 0.25) is 11.7 Å². The Hall–Kier alpha value is -1.95. The van der Waals surface area contributed by atoms with Crippen LogP contribution in [0.5, 0.6) is 5.75 Å². The van der Waals surface area contributed by atoms with Gasteiger partial charge in [-0.2, -0.15) is 4.98 Å². The summed E-state index contributed by atoms with van der Waals surface area (Å²) in [4.78, 5) is 3.96. The molecule has 1 heterocycles. The van der Waals surface area contributed by atoms with Crippen molar-refractivity contribution in [1.29, 1.82) is 0 Å². The van der Waals surface area contributed by atoms with Crippen LogP contribution in [0.4, 0.5) is 4.39 Å². The van der Waals surface area contributed by atoms with Gasteiger partial charge < -0.3 is 14.4 Å². The summed E-state index contributed by atoms with van der Waals surface area (Å²) >= 11 is 0. The van der Waals surface area contributed by atoms with Crippen LogP contribution in [0.3, 0.4) is 0 Å². The molecule has 90 valence electrons. The van der Waals surface area contributed by atoms with Gasteiger partial charge in [0.1, 0.15) is 11.6 Å². The monoisotopic (exact) mass is 238 g/mol. The molecule has 0 aliphatic heterocycles. The smallest absolute Gasteiger partial charge is 0.223 e. The van der Waals surface area contributed by atoms with Crippen LogP contribution in [-0.4, -0.2) is 15.2 Å². The maximum Gasteiger partial charge on any atom is 0.223 e. The number of nitrogens with zero attached hydrogens (tertiary/aromatic N) is 2. The molecular formula is C11H11FN2O3. The van der Waals surface area contributed by atoms with Crippen LogP contribution in [0, 0.1) is 12.7 Å². The third kappa shape index (κ3) is 2.79. The predicted molar refractivity (Wildman–Crippen MR) is 55.7 cm³/mol. The minimum absolute atomic E-state index is 0.107. The van der Waals surface area contributed by atoms with Crippen LogP contribution in [0.25, 0.3) is 0 Å². The van der Waals surface area contributed by atoms with Crippen LogP contribution < -0.4 is 4.74 Å². The molecule has 1 N–H and O–H groups in total. The molecule has 0 fully saturated rings. The van der Waals surface area contributed by atoms with E-state index in [0.29, 0.717) is 23.0 Å². The average Bonchev–Trinajstić information content (AvgIpc) is 2.73. The zero-order valence-electron chi connectivity index (χ0n) is 9.18. The normalized spacial score (nSPS) is 10.5. The summed E-state index contributed by atoms with van der Waals surface area (Å²) in [5.41, 5.74) is 0.380. The second-order valence-corrected chi connectivity index (χ2v) is 3.43. The minimum Gasteiger partial charge on any atom is -0.485 e. The van der Waals surface area contributed by atoms with Gasteiger partial charge in [0.05, 0.1) is 6.61 Å². The van der Waals surface area contributed by atoms with Crippen LogP contribution in [0.1, 0.15) is 17.3 Å². The zero-order valence-corrected chi connectivity index (χ0v) is 9.18. The second kappa shape index (κ2) is 4.92. The van der Waals surface area contributed by atoms with Gasteiger partial charge in [0.25, 0.3) is 0 Å². The highest BCUT2D eigenvalue weighted by Gasteiger charge is 2.07. The summed E-state index contributed by atoms with van der Waals surface area (Å²) < 4.78 is 23.0. The van der Waals surface area contributed by atoms with Gasteiger partial charge in [-0.25, -0.2) is 4.39 Å². The summed E-state index contributed by atoms with van der Waals surface area (Å²) in [5.74, 6) is 0.828. The van der Waals surface area contributed by atoms with Crippen LogP contribution >= 0.6 is 0 Å². The first-order valence-electron chi connectivity index (χ1n) is 5.00. The lowest BCUT2D eigenvalue weighted by Crippen LogP contribution is -2.00. The molecule has 0 radical (unpaired) electrons. The van der Waals surface area contributed by atoms with Crippen molar-refractivity contribution in [3.8, 4) is 5.75 Å². The molecule has 2 aromatic rings. The number of ether oxygens (including phenoxy) is 1. The van der Waals surface area contributed by atoms with Gasteiger partial charge in [-0.1, -0.05) is 5.16 Å². The maximum absolute atomic E-state index is 12.9. The molecule has 1 aromatic heterocycles. The lowest BCUT2D eigenvalue weighted by atomic mass is 10.2. The van der Waals surface area contributed by atoms with E-state index in [-0.39, 0.29) is 13.2 Å². The van der Waals surface area contributed by atoms with Crippen molar-refractivity contribution < 1.29 is 18.8 Å². The first kappa shape index (κ1) is 11.5. The summed E-state index contributed by atoms with van der Waals surface area (Å²) in [6, 6.07) is 3.93. The Morgan fingerprint density at radius 2 is 2.29 bits per heavy atom. The van der Waals surface area contributed by atoms with Crippen LogP contribution in [-0.2, 0) is 13.2 Å². The molecule has 5 nitrogen and oxygen atoms in total. The van der Waals surface area contributed by atoms with Gasteiger partial charge in [-0.3, -0.25) is 0 Å². The van der Waals surface area contributed by atoms with Gasteiger partial charge >= 0.3 is 0 Å². The van der Waals surface area contributed by atoms with E-state index in [1.54, 1.807) is 6.92 Å². The third-order valence-electron chi connectivity index (χ3n) is 2.12. The Morgan fingerprint density at radius 1 is 1.47 bits per heavy atom. The number of aliphatic hydroxyl groups excluding tert-OH is 1. The lowest BCUT2D eigenvalue weighted by molar-refractivity contribution is 0.252. The molecule has 6 heteroatoms. The Labute approximate surface area is 96.8 Å². The zero-order chi connectivity index (χ0) is 12.3. The number of aliphatic hydroxyl groups is 1. The number of aryl methyl sites for hydroxylation is 1. The summed E-state index contributed by atoms with van der Waals surface area (Å²) in [7, 11) is 0. The number of aromatic nitrogens is 2. The van der Waals surface area contributed by atoms with E-state index >= 15 is 0 Å². The SMILES string of the molecule is Cc1nc(COc2ccc(F)cc2CO)no1. The highest BCUT2D eigenvalue weighted by molar-refractivity contribution is 5.33. The van der Waals surface area contributed by atoms with Crippen molar-refractivity contribution in [3.63, 3.8) is 0 Å². The number of halogens is 1. The number of hydrogen-bond donors (Lipinski definition) is 1. The minimum atomic E-state index is -0.420. The first-order chi connectivity index (χ1) is 8.19. The van der Waals surface area contributed by atoms with Gasteiger partial charge in [-0.05, 0) is 18.2 Å². The van der Waals surface area contributed by atoms with Gasteiger partial charge in [0.15, 0.2) is 6.61 Å². The Bertz CT molecular complexity index is 513. The molecule has 17 heavy (non-hydrogen) atoms. The summed E-state index contributed by atoms with van der Waals surface area (Å²) in [5, 5.41) is 12.7. The molecule has 0 saturated carbocycles. The average molecular weight is 238 g/mol. The molecule has 0 atom stereocenters. The van der Waals surface area contributed by atoms with E-state index in [1.807, 2.05) is 0 Å². The predicted octanol–water partition coefficient (Wildman–Crippen LogP) is 1.59. The van der Waals surface area contributed by atoms with Crippen molar-refractivity contribution in [2.75, 3.05) is 0 Å².